The maximum atomic E-state index is 13.8. The van der Waals surface area contributed by atoms with Crippen molar-refractivity contribution in [1.29, 1.82) is 0 Å². The second kappa shape index (κ2) is 6.05. The maximum absolute atomic E-state index is 13.8. The van der Waals surface area contributed by atoms with E-state index in [9.17, 15) is 4.39 Å². The molecule has 0 aliphatic heterocycles. The van der Waals surface area contributed by atoms with Gasteiger partial charge in [-0.1, -0.05) is 41.9 Å². The molecule has 2 atom stereocenters. The minimum Gasteiger partial charge on any atom is -0.487 e. The van der Waals surface area contributed by atoms with Crippen molar-refractivity contribution < 1.29 is 9.13 Å². The van der Waals surface area contributed by atoms with Crippen LogP contribution in [0.25, 0.3) is 0 Å². The molecule has 0 aromatic heterocycles. The molecule has 1 aromatic carbocycles. The molecule has 100 valence electrons. The highest BCUT2D eigenvalue weighted by Crippen LogP contribution is 2.33. The van der Waals surface area contributed by atoms with E-state index >= 15 is 0 Å². The smallest absolute Gasteiger partial charge is 0.165 e. The quantitative estimate of drug-likeness (QED) is 0.719. The highest BCUT2D eigenvalue weighted by atomic mass is 79.9. The van der Waals surface area contributed by atoms with E-state index < -0.39 is 0 Å². The van der Waals surface area contributed by atoms with Crippen LogP contribution in [-0.4, -0.2) is 6.10 Å². The van der Waals surface area contributed by atoms with Crippen molar-refractivity contribution in [2.45, 2.75) is 44.5 Å². The van der Waals surface area contributed by atoms with Crippen LogP contribution in [0, 0.1) is 17.7 Å². The van der Waals surface area contributed by atoms with E-state index in [-0.39, 0.29) is 11.9 Å². The highest BCUT2D eigenvalue weighted by molar-refractivity contribution is 9.08. The molecule has 0 amide bonds. The van der Waals surface area contributed by atoms with Crippen molar-refractivity contribution in [2.75, 3.05) is 0 Å². The molecule has 0 radical (unpaired) electrons. The summed E-state index contributed by atoms with van der Waals surface area (Å²) in [6.07, 6.45) is 3.46. The van der Waals surface area contributed by atoms with Gasteiger partial charge in [-0.15, -0.1) is 0 Å². The molecule has 1 aliphatic rings. The van der Waals surface area contributed by atoms with Gasteiger partial charge in [-0.25, -0.2) is 4.39 Å². The van der Waals surface area contributed by atoms with Crippen LogP contribution >= 0.6 is 15.9 Å². The van der Waals surface area contributed by atoms with Crippen LogP contribution < -0.4 is 4.74 Å². The van der Waals surface area contributed by atoms with E-state index in [1.165, 1.54) is 12.5 Å². The Morgan fingerprint density at radius 2 is 1.89 bits per heavy atom. The lowest BCUT2D eigenvalue weighted by atomic mass is 9.82. The number of hydrogen-bond donors (Lipinski definition) is 0. The molecule has 0 saturated heterocycles. The van der Waals surface area contributed by atoms with Crippen molar-refractivity contribution in [3.63, 3.8) is 0 Å². The van der Waals surface area contributed by atoms with Crippen LogP contribution in [0.15, 0.2) is 18.2 Å². The van der Waals surface area contributed by atoms with Gasteiger partial charge in [-0.05, 0) is 37.2 Å². The lowest BCUT2D eigenvalue weighted by Gasteiger charge is -2.32. The van der Waals surface area contributed by atoms with Crippen LogP contribution in [0.1, 0.15) is 38.7 Å². The molecule has 1 saturated carbocycles. The van der Waals surface area contributed by atoms with Gasteiger partial charge >= 0.3 is 0 Å². The zero-order chi connectivity index (χ0) is 13.1. The molecule has 0 spiro atoms. The van der Waals surface area contributed by atoms with Gasteiger partial charge in [0.15, 0.2) is 11.6 Å². The number of para-hydroxylation sites is 1. The molecular formula is C15H20BrFO. The van der Waals surface area contributed by atoms with Gasteiger partial charge < -0.3 is 4.74 Å². The molecular weight excluding hydrogens is 295 g/mol. The predicted octanol–water partition coefficient (Wildman–Crippen LogP) is 4.92. The zero-order valence-electron chi connectivity index (χ0n) is 11.0. The van der Waals surface area contributed by atoms with E-state index in [1.54, 1.807) is 6.07 Å². The highest BCUT2D eigenvalue weighted by Gasteiger charge is 2.26. The lowest BCUT2D eigenvalue weighted by molar-refractivity contribution is 0.0963. The molecule has 1 fully saturated rings. The molecule has 2 unspecified atom stereocenters. The average Bonchev–Trinajstić information content (AvgIpc) is 2.30. The van der Waals surface area contributed by atoms with Crippen LogP contribution in [0.5, 0.6) is 5.75 Å². The van der Waals surface area contributed by atoms with Crippen molar-refractivity contribution in [3.05, 3.63) is 29.6 Å². The number of benzene rings is 1. The van der Waals surface area contributed by atoms with Crippen LogP contribution in [0.2, 0.25) is 0 Å². The number of halogens is 2. The van der Waals surface area contributed by atoms with E-state index in [1.807, 2.05) is 6.07 Å². The first-order chi connectivity index (χ1) is 8.60. The SMILES string of the molecule is CC1CC(C)CC(Oc2c(F)cccc2CBr)C1. The Morgan fingerprint density at radius 3 is 2.50 bits per heavy atom. The fourth-order valence-corrected chi connectivity index (χ4v) is 3.37. The largest absolute Gasteiger partial charge is 0.487 e. The summed E-state index contributed by atoms with van der Waals surface area (Å²) in [6.45, 7) is 4.50. The van der Waals surface area contributed by atoms with Crippen LogP contribution in [0.4, 0.5) is 4.39 Å². The maximum Gasteiger partial charge on any atom is 0.165 e. The third kappa shape index (κ3) is 3.25. The van der Waals surface area contributed by atoms with E-state index in [2.05, 4.69) is 29.8 Å². The zero-order valence-corrected chi connectivity index (χ0v) is 12.5. The van der Waals surface area contributed by atoms with E-state index in [0.717, 1.165) is 18.4 Å². The first-order valence-corrected chi connectivity index (χ1v) is 7.72. The first kappa shape index (κ1) is 13.9. The third-order valence-corrected chi connectivity index (χ3v) is 4.22. The molecule has 18 heavy (non-hydrogen) atoms. The Kier molecular flexibility index (Phi) is 4.66. The third-order valence-electron chi connectivity index (χ3n) is 3.61. The molecule has 0 N–H and O–H groups in total. The monoisotopic (exact) mass is 314 g/mol. The Hall–Kier alpha value is -0.570. The van der Waals surface area contributed by atoms with E-state index in [4.69, 9.17) is 4.74 Å². The minimum atomic E-state index is -0.252. The molecule has 2 rings (SSSR count). The van der Waals surface area contributed by atoms with Gasteiger partial charge in [0.25, 0.3) is 0 Å². The van der Waals surface area contributed by atoms with Crippen LogP contribution in [-0.2, 0) is 5.33 Å². The molecule has 1 aliphatic carbocycles. The number of hydrogen-bond acceptors (Lipinski definition) is 1. The summed E-state index contributed by atoms with van der Waals surface area (Å²) in [5.74, 6) is 1.51. The van der Waals surface area contributed by atoms with Gasteiger partial charge in [-0.2, -0.15) is 0 Å². The summed E-state index contributed by atoms with van der Waals surface area (Å²) in [5, 5.41) is 0.623. The van der Waals surface area contributed by atoms with Gasteiger partial charge in [0.05, 0.1) is 6.10 Å². The molecule has 0 bridgehead atoms. The second-order valence-electron chi connectivity index (χ2n) is 5.52. The Bertz CT molecular complexity index is 397. The predicted molar refractivity (Wildman–Crippen MR) is 75.6 cm³/mol. The van der Waals surface area contributed by atoms with Crippen molar-refractivity contribution in [3.8, 4) is 5.75 Å². The number of rotatable bonds is 3. The van der Waals surface area contributed by atoms with Gasteiger partial charge in [-0.3, -0.25) is 0 Å². The van der Waals surface area contributed by atoms with Crippen molar-refractivity contribution >= 4 is 15.9 Å². The number of alkyl halides is 1. The first-order valence-electron chi connectivity index (χ1n) is 6.60. The van der Waals surface area contributed by atoms with Crippen LogP contribution in [0.3, 0.4) is 0 Å². The molecule has 3 heteroatoms. The summed E-state index contributed by atoms with van der Waals surface area (Å²) in [5.41, 5.74) is 0.890. The Balaban J connectivity index is 2.13. The Morgan fingerprint density at radius 1 is 1.22 bits per heavy atom. The fraction of sp³-hybridized carbons (Fsp3) is 0.600. The van der Waals surface area contributed by atoms with Gasteiger partial charge in [0, 0.05) is 10.9 Å². The minimum absolute atomic E-state index is 0.151. The number of ether oxygens (including phenoxy) is 1. The summed E-state index contributed by atoms with van der Waals surface area (Å²) >= 11 is 3.38. The summed E-state index contributed by atoms with van der Waals surface area (Å²) < 4.78 is 19.8. The molecule has 1 aromatic rings. The summed E-state index contributed by atoms with van der Waals surface area (Å²) in [6, 6.07) is 5.10. The van der Waals surface area contributed by atoms with E-state index in [0.29, 0.717) is 22.9 Å². The van der Waals surface area contributed by atoms with Gasteiger partial charge in [0.2, 0.25) is 0 Å². The van der Waals surface area contributed by atoms with Crippen molar-refractivity contribution in [1.82, 2.24) is 0 Å². The fourth-order valence-electron chi connectivity index (χ4n) is 2.93. The normalized spacial score (nSPS) is 28.1. The average molecular weight is 315 g/mol. The summed E-state index contributed by atoms with van der Waals surface area (Å²) in [4.78, 5) is 0. The lowest BCUT2D eigenvalue weighted by Crippen LogP contribution is -2.29. The standard InChI is InChI=1S/C15H20BrFO/c1-10-6-11(2)8-13(7-10)18-15-12(9-16)4-3-5-14(15)17/h3-5,10-11,13H,6-9H2,1-2H3. The van der Waals surface area contributed by atoms with Crippen molar-refractivity contribution in [2.24, 2.45) is 11.8 Å². The summed E-state index contributed by atoms with van der Waals surface area (Å²) in [7, 11) is 0. The molecule has 1 nitrogen and oxygen atoms in total. The Labute approximate surface area is 117 Å². The second-order valence-corrected chi connectivity index (χ2v) is 6.08. The molecule has 0 heterocycles. The van der Waals surface area contributed by atoms with Gasteiger partial charge in [0.1, 0.15) is 0 Å². The topological polar surface area (TPSA) is 9.23 Å².